The summed E-state index contributed by atoms with van der Waals surface area (Å²) in [4.78, 5) is 27.5. The van der Waals surface area contributed by atoms with Crippen molar-refractivity contribution < 1.29 is 14.3 Å². The molecule has 21 heavy (non-hydrogen) atoms. The molecular weight excluding hydrogens is 268 g/mol. The third-order valence-electron chi connectivity index (χ3n) is 3.99. The summed E-state index contributed by atoms with van der Waals surface area (Å²) in [7, 11) is 0. The molecule has 1 aliphatic carbocycles. The zero-order valence-corrected chi connectivity index (χ0v) is 13.5. The lowest BCUT2D eigenvalue weighted by atomic mass is 10.2. The Morgan fingerprint density at radius 2 is 1.81 bits per heavy atom. The Morgan fingerprint density at radius 3 is 2.29 bits per heavy atom. The van der Waals surface area contributed by atoms with E-state index >= 15 is 0 Å². The van der Waals surface area contributed by atoms with Crippen LogP contribution >= 0.6 is 0 Å². The Hall–Kier alpha value is -1.36. The molecule has 5 nitrogen and oxygen atoms in total. The number of ketones is 1. The maximum absolute atomic E-state index is 12.0. The minimum Gasteiger partial charge on any atom is -0.444 e. The number of carbonyl (C=O) groups is 2. The van der Waals surface area contributed by atoms with E-state index in [-0.39, 0.29) is 11.9 Å². The molecule has 1 amide bonds. The Bertz CT molecular complexity index is 443. The van der Waals surface area contributed by atoms with Crippen molar-refractivity contribution in [2.24, 2.45) is 0 Å². The lowest BCUT2D eigenvalue weighted by molar-refractivity contribution is -0.113. The fourth-order valence-corrected chi connectivity index (χ4v) is 2.85. The molecule has 1 fully saturated rings. The number of piperazine rings is 1. The first kappa shape index (κ1) is 16.0. The number of Topliss-reactive ketones (excluding diaryl/α,β-unsaturated/α-hetero) is 1. The highest BCUT2D eigenvalue weighted by Gasteiger charge is 2.30. The first-order chi connectivity index (χ1) is 9.76. The fraction of sp³-hybridized carbons (Fsp3) is 0.750. The fourth-order valence-electron chi connectivity index (χ4n) is 2.85. The van der Waals surface area contributed by atoms with Crippen molar-refractivity contribution in [3.63, 3.8) is 0 Å². The second-order valence-electron chi connectivity index (χ2n) is 6.86. The van der Waals surface area contributed by atoms with E-state index in [0.29, 0.717) is 19.1 Å². The van der Waals surface area contributed by atoms with Crippen molar-refractivity contribution >= 4 is 11.9 Å². The smallest absolute Gasteiger partial charge is 0.410 e. The normalized spacial score (nSPS) is 23.9. The summed E-state index contributed by atoms with van der Waals surface area (Å²) >= 11 is 0. The van der Waals surface area contributed by atoms with Crippen LogP contribution in [-0.2, 0) is 9.53 Å². The largest absolute Gasteiger partial charge is 0.444 e. The highest BCUT2D eigenvalue weighted by atomic mass is 16.6. The molecule has 2 rings (SSSR count). The summed E-state index contributed by atoms with van der Waals surface area (Å²) in [6.45, 7) is 10.3. The molecule has 5 heteroatoms. The van der Waals surface area contributed by atoms with Crippen LogP contribution in [0.2, 0.25) is 0 Å². The minimum absolute atomic E-state index is 0.185. The van der Waals surface area contributed by atoms with Crippen molar-refractivity contribution in [3.8, 4) is 0 Å². The van der Waals surface area contributed by atoms with E-state index in [9.17, 15) is 9.59 Å². The number of amides is 1. The van der Waals surface area contributed by atoms with Gasteiger partial charge in [-0.15, -0.1) is 0 Å². The summed E-state index contributed by atoms with van der Waals surface area (Å²) in [6.07, 6.45) is 3.77. The van der Waals surface area contributed by atoms with E-state index in [1.165, 1.54) is 0 Å². The van der Waals surface area contributed by atoms with E-state index in [4.69, 9.17) is 4.74 Å². The number of hydrogen-bond donors (Lipinski definition) is 0. The number of ether oxygens (including phenoxy) is 1. The quantitative estimate of drug-likeness (QED) is 0.783. The third-order valence-corrected chi connectivity index (χ3v) is 3.99. The van der Waals surface area contributed by atoms with Crippen LogP contribution in [0, 0.1) is 0 Å². The zero-order valence-electron chi connectivity index (χ0n) is 13.5. The van der Waals surface area contributed by atoms with Gasteiger partial charge in [0.2, 0.25) is 0 Å². The first-order valence-corrected chi connectivity index (χ1v) is 7.70. The molecule has 1 saturated heterocycles. The number of rotatable bonds is 2. The second-order valence-corrected chi connectivity index (χ2v) is 6.86. The molecule has 1 atom stereocenters. The Kier molecular flexibility index (Phi) is 4.71. The lowest BCUT2D eigenvalue weighted by Crippen LogP contribution is -2.52. The van der Waals surface area contributed by atoms with Gasteiger partial charge >= 0.3 is 6.09 Å². The van der Waals surface area contributed by atoms with Crippen LogP contribution in [0.15, 0.2) is 11.6 Å². The first-order valence-electron chi connectivity index (χ1n) is 7.70. The summed E-state index contributed by atoms with van der Waals surface area (Å²) in [5.41, 5.74) is 0.508. The molecule has 0 N–H and O–H groups in total. The molecule has 0 spiro atoms. The van der Waals surface area contributed by atoms with E-state index in [1.807, 2.05) is 20.8 Å². The van der Waals surface area contributed by atoms with Crippen LogP contribution in [0.3, 0.4) is 0 Å². The average Bonchev–Trinajstić information content (AvgIpc) is 2.86. The van der Waals surface area contributed by atoms with Crippen LogP contribution in [-0.4, -0.2) is 59.5 Å². The molecule has 0 aromatic rings. The standard InChI is InChI=1S/C16H26N2O3/c1-12(19)13-5-6-14(11-13)17-7-9-18(10-8-17)15(20)21-16(2,3)4/h11,14H,5-10H2,1-4H3/t14-/m1/s1. The molecule has 118 valence electrons. The molecule has 1 heterocycles. The van der Waals surface area contributed by atoms with Crippen LogP contribution in [0.1, 0.15) is 40.5 Å². The van der Waals surface area contributed by atoms with Gasteiger partial charge in [0, 0.05) is 32.2 Å². The molecule has 0 radical (unpaired) electrons. The maximum Gasteiger partial charge on any atom is 0.410 e. The average molecular weight is 294 g/mol. The monoisotopic (exact) mass is 294 g/mol. The molecule has 0 saturated carbocycles. The van der Waals surface area contributed by atoms with Gasteiger partial charge in [-0.25, -0.2) is 4.79 Å². The third kappa shape index (κ3) is 4.30. The predicted octanol–water partition coefficient (Wildman–Crippen LogP) is 2.22. The van der Waals surface area contributed by atoms with Crippen LogP contribution in [0.4, 0.5) is 4.79 Å². The highest BCUT2D eigenvalue weighted by molar-refractivity contribution is 5.93. The molecule has 0 unspecified atom stereocenters. The summed E-state index contributed by atoms with van der Waals surface area (Å²) < 4.78 is 5.40. The van der Waals surface area contributed by atoms with E-state index < -0.39 is 5.60 Å². The topological polar surface area (TPSA) is 49.9 Å². The summed E-state index contributed by atoms with van der Waals surface area (Å²) in [6, 6.07) is 0.352. The molecule has 1 aliphatic heterocycles. The molecule has 0 aromatic heterocycles. The van der Waals surface area contributed by atoms with Gasteiger partial charge in [0.1, 0.15) is 5.60 Å². The summed E-state index contributed by atoms with van der Waals surface area (Å²) in [5, 5.41) is 0. The van der Waals surface area contributed by atoms with Gasteiger partial charge in [-0.2, -0.15) is 0 Å². The van der Waals surface area contributed by atoms with Crippen molar-refractivity contribution in [3.05, 3.63) is 11.6 Å². The summed E-state index contributed by atoms with van der Waals surface area (Å²) in [5.74, 6) is 0.185. The number of allylic oxidation sites excluding steroid dienone is 1. The van der Waals surface area contributed by atoms with Gasteiger partial charge in [-0.3, -0.25) is 9.69 Å². The highest BCUT2D eigenvalue weighted by Crippen LogP contribution is 2.24. The van der Waals surface area contributed by atoms with E-state index in [2.05, 4.69) is 11.0 Å². The van der Waals surface area contributed by atoms with Crippen LogP contribution < -0.4 is 0 Å². The van der Waals surface area contributed by atoms with Crippen LogP contribution in [0.25, 0.3) is 0 Å². The SMILES string of the molecule is CC(=O)C1=C[C@H](N2CCN(C(=O)OC(C)(C)C)CC2)CC1. The second kappa shape index (κ2) is 6.18. The van der Waals surface area contributed by atoms with Gasteiger partial charge in [-0.05, 0) is 46.1 Å². The molecular formula is C16H26N2O3. The minimum atomic E-state index is -0.446. The van der Waals surface area contributed by atoms with E-state index in [0.717, 1.165) is 31.5 Å². The van der Waals surface area contributed by atoms with E-state index in [1.54, 1.807) is 11.8 Å². The predicted molar refractivity (Wildman–Crippen MR) is 81.2 cm³/mol. The van der Waals surface area contributed by atoms with Gasteiger partial charge in [0.15, 0.2) is 5.78 Å². The van der Waals surface area contributed by atoms with Crippen molar-refractivity contribution in [2.75, 3.05) is 26.2 Å². The number of hydrogen-bond acceptors (Lipinski definition) is 4. The van der Waals surface area contributed by atoms with Gasteiger partial charge in [0.05, 0.1) is 0 Å². The van der Waals surface area contributed by atoms with Gasteiger partial charge in [0.25, 0.3) is 0 Å². The van der Waals surface area contributed by atoms with Gasteiger partial charge in [-0.1, -0.05) is 6.08 Å². The Labute approximate surface area is 126 Å². The van der Waals surface area contributed by atoms with Crippen molar-refractivity contribution in [1.82, 2.24) is 9.80 Å². The molecule has 0 bridgehead atoms. The van der Waals surface area contributed by atoms with Crippen molar-refractivity contribution in [2.45, 2.75) is 52.2 Å². The Balaban J connectivity index is 1.84. The number of nitrogens with zero attached hydrogens (tertiary/aromatic N) is 2. The zero-order chi connectivity index (χ0) is 15.6. The van der Waals surface area contributed by atoms with Crippen LogP contribution in [0.5, 0.6) is 0 Å². The molecule has 0 aromatic carbocycles. The van der Waals surface area contributed by atoms with Crippen molar-refractivity contribution in [1.29, 1.82) is 0 Å². The maximum atomic E-state index is 12.0. The number of carbonyl (C=O) groups excluding carboxylic acids is 2. The molecule has 2 aliphatic rings. The van der Waals surface area contributed by atoms with Gasteiger partial charge < -0.3 is 9.64 Å². The Morgan fingerprint density at radius 1 is 1.19 bits per heavy atom. The lowest BCUT2D eigenvalue weighted by Gasteiger charge is -2.37.